The first-order chi connectivity index (χ1) is 12.1. The summed E-state index contributed by atoms with van der Waals surface area (Å²) in [5, 5.41) is 9.85. The van der Waals surface area contributed by atoms with E-state index in [-0.39, 0.29) is 18.1 Å². The number of sulfone groups is 1. The van der Waals surface area contributed by atoms with Crippen molar-refractivity contribution in [1.82, 2.24) is 0 Å². The van der Waals surface area contributed by atoms with Gasteiger partial charge < -0.3 is 14.6 Å². The highest BCUT2D eigenvalue weighted by Gasteiger charge is 2.31. The minimum atomic E-state index is -4.79. The minimum Gasteiger partial charge on any atom is -0.491 e. The fraction of sp³-hybridized carbons (Fsp3) is 0.294. The monoisotopic (exact) mass is 390 g/mol. The lowest BCUT2D eigenvalue weighted by Crippen LogP contribution is -2.27. The molecule has 2 aromatic rings. The molecule has 9 heteroatoms. The van der Waals surface area contributed by atoms with Gasteiger partial charge in [0.15, 0.2) is 9.84 Å². The number of halogens is 3. The Bertz CT molecular complexity index is 789. The van der Waals surface area contributed by atoms with Gasteiger partial charge in [-0.3, -0.25) is 0 Å². The van der Waals surface area contributed by atoms with Gasteiger partial charge in [0.25, 0.3) is 0 Å². The summed E-state index contributed by atoms with van der Waals surface area (Å²) in [5.74, 6) is -0.916. The smallest absolute Gasteiger partial charge is 0.491 e. The molecule has 1 unspecified atom stereocenters. The second-order valence-electron chi connectivity index (χ2n) is 5.52. The first-order valence-electron chi connectivity index (χ1n) is 7.54. The van der Waals surface area contributed by atoms with Gasteiger partial charge >= 0.3 is 6.36 Å². The number of alkyl halides is 3. The number of hydrogen-bond acceptors (Lipinski definition) is 5. The topological polar surface area (TPSA) is 72.8 Å². The molecule has 0 amide bonds. The third kappa shape index (κ3) is 7.32. The van der Waals surface area contributed by atoms with Gasteiger partial charge in [-0.1, -0.05) is 30.3 Å². The molecule has 0 saturated carbocycles. The SMILES string of the molecule is O=S(=O)(Cc1ccccc1)CC(O)COc1ccc(OC(F)(F)F)cc1. The molecule has 0 heterocycles. The Kier molecular flexibility index (Phi) is 6.49. The van der Waals surface area contributed by atoms with E-state index in [2.05, 4.69) is 4.74 Å². The van der Waals surface area contributed by atoms with Crippen LogP contribution in [0.2, 0.25) is 0 Å². The molecule has 0 aliphatic rings. The third-order valence-corrected chi connectivity index (χ3v) is 4.84. The van der Waals surface area contributed by atoms with Gasteiger partial charge in [0.05, 0.1) is 11.5 Å². The Hall–Kier alpha value is -2.26. The molecule has 142 valence electrons. The van der Waals surface area contributed by atoms with Crippen molar-refractivity contribution in [3.63, 3.8) is 0 Å². The highest BCUT2D eigenvalue weighted by molar-refractivity contribution is 7.90. The molecular weight excluding hydrogens is 373 g/mol. The summed E-state index contributed by atoms with van der Waals surface area (Å²) < 4.78 is 69.2. The minimum absolute atomic E-state index is 0.180. The zero-order valence-electron chi connectivity index (χ0n) is 13.5. The molecule has 0 radical (unpaired) electrons. The van der Waals surface area contributed by atoms with Crippen LogP contribution in [-0.2, 0) is 15.6 Å². The van der Waals surface area contributed by atoms with Crippen molar-refractivity contribution in [1.29, 1.82) is 0 Å². The van der Waals surface area contributed by atoms with E-state index < -0.39 is 33.8 Å². The molecule has 1 atom stereocenters. The maximum atomic E-state index is 12.1. The van der Waals surface area contributed by atoms with Crippen LogP contribution in [0.25, 0.3) is 0 Å². The maximum Gasteiger partial charge on any atom is 0.573 e. The Morgan fingerprint density at radius 2 is 1.54 bits per heavy atom. The number of ether oxygens (including phenoxy) is 2. The highest BCUT2D eigenvalue weighted by atomic mass is 32.2. The number of hydrogen-bond donors (Lipinski definition) is 1. The van der Waals surface area contributed by atoms with E-state index in [4.69, 9.17) is 4.74 Å². The fourth-order valence-corrected chi connectivity index (χ4v) is 3.66. The van der Waals surface area contributed by atoms with Crippen molar-refractivity contribution in [3.05, 3.63) is 60.2 Å². The Morgan fingerprint density at radius 1 is 0.962 bits per heavy atom. The lowest BCUT2D eigenvalue weighted by molar-refractivity contribution is -0.274. The van der Waals surface area contributed by atoms with Crippen LogP contribution in [0.15, 0.2) is 54.6 Å². The normalized spacial score (nSPS) is 13.2. The van der Waals surface area contributed by atoms with Crippen molar-refractivity contribution in [2.24, 2.45) is 0 Å². The number of benzene rings is 2. The van der Waals surface area contributed by atoms with E-state index >= 15 is 0 Å². The van der Waals surface area contributed by atoms with Crippen LogP contribution in [0.4, 0.5) is 13.2 Å². The predicted molar refractivity (Wildman–Crippen MR) is 88.6 cm³/mol. The van der Waals surface area contributed by atoms with Gasteiger partial charge in [-0.05, 0) is 29.8 Å². The third-order valence-electron chi connectivity index (χ3n) is 3.18. The van der Waals surface area contributed by atoms with Crippen LogP contribution in [-0.4, -0.2) is 38.4 Å². The van der Waals surface area contributed by atoms with Gasteiger partial charge in [0.2, 0.25) is 0 Å². The molecule has 5 nitrogen and oxygen atoms in total. The van der Waals surface area contributed by atoms with E-state index in [1.54, 1.807) is 30.3 Å². The molecular formula is C17H17F3O5S. The second-order valence-corrected chi connectivity index (χ2v) is 7.63. The van der Waals surface area contributed by atoms with E-state index in [1.165, 1.54) is 12.1 Å². The van der Waals surface area contributed by atoms with E-state index in [0.29, 0.717) is 5.56 Å². The highest BCUT2D eigenvalue weighted by Crippen LogP contribution is 2.24. The Labute approximate surface area is 148 Å². The lowest BCUT2D eigenvalue weighted by atomic mass is 10.2. The zero-order valence-corrected chi connectivity index (χ0v) is 14.3. The van der Waals surface area contributed by atoms with Gasteiger partial charge in [-0.15, -0.1) is 13.2 Å². The van der Waals surface area contributed by atoms with Gasteiger partial charge in [-0.25, -0.2) is 8.42 Å². The van der Waals surface area contributed by atoms with Crippen LogP contribution >= 0.6 is 0 Å². The largest absolute Gasteiger partial charge is 0.573 e. The maximum absolute atomic E-state index is 12.1. The van der Waals surface area contributed by atoms with Crippen molar-refractivity contribution in [2.75, 3.05) is 12.4 Å². The summed E-state index contributed by atoms with van der Waals surface area (Å²) in [5.41, 5.74) is 0.612. The molecule has 0 spiro atoms. The molecule has 2 rings (SSSR count). The van der Waals surface area contributed by atoms with Crippen LogP contribution in [0.3, 0.4) is 0 Å². The molecule has 0 bridgehead atoms. The second kappa shape index (κ2) is 8.41. The van der Waals surface area contributed by atoms with Gasteiger partial charge in [0, 0.05) is 0 Å². The summed E-state index contributed by atoms with van der Waals surface area (Å²) in [4.78, 5) is 0. The Morgan fingerprint density at radius 3 is 2.12 bits per heavy atom. The molecule has 0 aliphatic heterocycles. The first-order valence-corrected chi connectivity index (χ1v) is 9.36. The Balaban J connectivity index is 1.83. The molecule has 0 aliphatic carbocycles. The van der Waals surface area contributed by atoms with Crippen LogP contribution in [0.5, 0.6) is 11.5 Å². The zero-order chi connectivity index (χ0) is 19.2. The average molecular weight is 390 g/mol. The van der Waals surface area contributed by atoms with E-state index in [1.807, 2.05) is 0 Å². The summed E-state index contributed by atoms with van der Waals surface area (Å²) in [6.45, 7) is -0.312. The molecule has 0 aromatic heterocycles. The summed E-state index contributed by atoms with van der Waals surface area (Å²) in [6.07, 6.45) is -6.05. The number of rotatable bonds is 8. The molecule has 1 N–H and O–H groups in total. The number of aliphatic hydroxyl groups excluding tert-OH is 1. The molecule has 0 saturated heterocycles. The van der Waals surface area contributed by atoms with Crippen molar-refractivity contribution in [2.45, 2.75) is 18.2 Å². The summed E-state index contributed by atoms with van der Waals surface area (Å²) in [7, 11) is -3.54. The van der Waals surface area contributed by atoms with E-state index in [0.717, 1.165) is 12.1 Å². The summed E-state index contributed by atoms with van der Waals surface area (Å²) >= 11 is 0. The fourth-order valence-electron chi connectivity index (χ4n) is 2.16. The van der Waals surface area contributed by atoms with Crippen LogP contribution < -0.4 is 9.47 Å². The molecule has 0 fully saturated rings. The predicted octanol–water partition coefficient (Wildman–Crippen LogP) is 2.94. The van der Waals surface area contributed by atoms with E-state index in [9.17, 15) is 26.7 Å². The van der Waals surface area contributed by atoms with Crippen molar-refractivity contribution >= 4 is 9.84 Å². The summed E-state index contributed by atoms with van der Waals surface area (Å²) in [6, 6.07) is 13.1. The lowest BCUT2D eigenvalue weighted by Gasteiger charge is -2.13. The van der Waals surface area contributed by atoms with Crippen molar-refractivity contribution in [3.8, 4) is 11.5 Å². The van der Waals surface area contributed by atoms with Crippen LogP contribution in [0.1, 0.15) is 5.56 Å². The first kappa shape index (κ1) is 20.1. The van der Waals surface area contributed by atoms with Crippen LogP contribution in [0, 0.1) is 0 Å². The molecule has 2 aromatic carbocycles. The van der Waals surface area contributed by atoms with Crippen molar-refractivity contribution < 1.29 is 36.2 Å². The quantitative estimate of drug-likeness (QED) is 0.750. The van der Waals surface area contributed by atoms with Gasteiger partial charge in [0.1, 0.15) is 24.2 Å². The van der Waals surface area contributed by atoms with Gasteiger partial charge in [-0.2, -0.15) is 0 Å². The molecule has 26 heavy (non-hydrogen) atoms. The number of aliphatic hydroxyl groups is 1. The average Bonchev–Trinajstić information content (AvgIpc) is 2.53. The standard InChI is InChI=1S/C17H17F3O5S/c18-17(19,20)25-16-8-6-15(7-9-16)24-10-14(21)12-26(22,23)11-13-4-2-1-3-5-13/h1-9,14,21H,10-12H2.